The van der Waals surface area contributed by atoms with Gasteiger partial charge < -0.3 is 0 Å². The summed E-state index contributed by atoms with van der Waals surface area (Å²) >= 11 is 18.8. The van der Waals surface area contributed by atoms with Gasteiger partial charge in [0.15, 0.2) is 0 Å². The zero-order valence-electron chi connectivity index (χ0n) is 10.8. The third kappa shape index (κ3) is 2.62. The van der Waals surface area contributed by atoms with Crippen molar-refractivity contribution < 1.29 is 4.39 Å². The van der Waals surface area contributed by atoms with Gasteiger partial charge in [-0.2, -0.15) is 0 Å². The molecular weight excluding hydrogens is 330 g/mol. The molecule has 1 atom stereocenters. The van der Waals surface area contributed by atoms with Crippen molar-refractivity contribution in [2.45, 2.75) is 5.38 Å². The van der Waals surface area contributed by atoms with Crippen LogP contribution >= 0.6 is 34.8 Å². The smallest absolute Gasteiger partial charge is 0.131 e. The molecule has 0 radical (unpaired) electrons. The SMILES string of the molecule is Fc1ccc(C(Cl)c2cccc(Cl)c2Cl)c2ccccc12. The van der Waals surface area contributed by atoms with Crippen LogP contribution in [0.5, 0.6) is 0 Å². The van der Waals surface area contributed by atoms with E-state index in [-0.39, 0.29) is 5.82 Å². The molecule has 0 aromatic heterocycles. The summed E-state index contributed by atoms with van der Waals surface area (Å²) in [7, 11) is 0. The molecule has 0 amide bonds. The number of hydrogen-bond donors (Lipinski definition) is 0. The van der Waals surface area contributed by atoms with E-state index < -0.39 is 5.38 Å². The molecule has 0 N–H and O–H groups in total. The molecule has 106 valence electrons. The summed E-state index contributed by atoms with van der Waals surface area (Å²) < 4.78 is 13.9. The summed E-state index contributed by atoms with van der Waals surface area (Å²) in [6, 6.07) is 15.7. The molecule has 0 heterocycles. The van der Waals surface area contributed by atoms with E-state index in [1.165, 1.54) is 6.07 Å². The maximum atomic E-state index is 13.9. The third-order valence-electron chi connectivity index (χ3n) is 3.43. The van der Waals surface area contributed by atoms with Crippen molar-refractivity contribution in [1.29, 1.82) is 0 Å². The van der Waals surface area contributed by atoms with E-state index in [1.807, 2.05) is 18.2 Å². The van der Waals surface area contributed by atoms with Crippen molar-refractivity contribution in [3.63, 3.8) is 0 Å². The van der Waals surface area contributed by atoms with Gasteiger partial charge in [-0.25, -0.2) is 4.39 Å². The minimum Gasteiger partial charge on any atom is -0.206 e. The number of benzene rings is 3. The molecule has 0 fully saturated rings. The Balaban J connectivity index is 2.21. The van der Waals surface area contributed by atoms with Gasteiger partial charge in [0.25, 0.3) is 0 Å². The summed E-state index contributed by atoms with van der Waals surface area (Å²) in [5.41, 5.74) is 1.51. The molecule has 0 aliphatic carbocycles. The molecule has 0 nitrogen and oxygen atoms in total. The standard InChI is InChI=1S/C17H10Cl3F/c18-14-7-3-6-13(17(14)20)16(19)12-8-9-15(21)11-5-2-1-4-10(11)12/h1-9,16H. The molecule has 0 aliphatic rings. The van der Waals surface area contributed by atoms with E-state index in [0.29, 0.717) is 21.0 Å². The number of halogens is 4. The van der Waals surface area contributed by atoms with Gasteiger partial charge in [0, 0.05) is 5.39 Å². The molecule has 0 bridgehead atoms. The molecule has 0 saturated carbocycles. The first-order valence-electron chi connectivity index (χ1n) is 6.34. The van der Waals surface area contributed by atoms with Crippen molar-refractivity contribution in [3.05, 3.63) is 81.6 Å². The Labute approximate surface area is 137 Å². The lowest BCUT2D eigenvalue weighted by molar-refractivity contribution is 0.639. The fourth-order valence-corrected chi connectivity index (χ4v) is 3.24. The highest BCUT2D eigenvalue weighted by atomic mass is 35.5. The molecule has 0 saturated heterocycles. The molecule has 0 spiro atoms. The molecule has 3 aromatic rings. The van der Waals surface area contributed by atoms with Crippen LogP contribution in [0.2, 0.25) is 10.0 Å². The van der Waals surface area contributed by atoms with Crippen LogP contribution in [0.4, 0.5) is 4.39 Å². The summed E-state index contributed by atoms with van der Waals surface area (Å²) in [5.74, 6) is -0.268. The van der Waals surface area contributed by atoms with E-state index in [1.54, 1.807) is 30.3 Å². The second-order valence-electron chi connectivity index (χ2n) is 4.69. The summed E-state index contributed by atoms with van der Waals surface area (Å²) in [6.07, 6.45) is 0. The van der Waals surface area contributed by atoms with E-state index in [2.05, 4.69) is 0 Å². The Kier molecular flexibility index (Phi) is 4.08. The highest BCUT2D eigenvalue weighted by Gasteiger charge is 2.18. The third-order valence-corrected chi connectivity index (χ3v) is 4.74. The van der Waals surface area contributed by atoms with Crippen LogP contribution in [-0.2, 0) is 0 Å². The van der Waals surface area contributed by atoms with Crippen LogP contribution in [0, 0.1) is 5.82 Å². The molecule has 0 aliphatic heterocycles. The Morgan fingerprint density at radius 1 is 0.762 bits per heavy atom. The van der Waals surface area contributed by atoms with Gasteiger partial charge >= 0.3 is 0 Å². The minimum atomic E-state index is -0.498. The molecule has 4 heteroatoms. The first kappa shape index (κ1) is 14.6. The summed E-state index contributed by atoms with van der Waals surface area (Å²) in [4.78, 5) is 0. The van der Waals surface area contributed by atoms with Gasteiger partial charge in [-0.05, 0) is 28.6 Å². The average Bonchev–Trinajstić information content (AvgIpc) is 2.50. The highest BCUT2D eigenvalue weighted by molar-refractivity contribution is 6.43. The van der Waals surface area contributed by atoms with Crippen LogP contribution in [0.1, 0.15) is 16.5 Å². The number of rotatable bonds is 2. The zero-order chi connectivity index (χ0) is 15.0. The van der Waals surface area contributed by atoms with E-state index in [4.69, 9.17) is 34.8 Å². The van der Waals surface area contributed by atoms with Gasteiger partial charge in [0.2, 0.25) is 0 Å². The quantitative estimate of drug-likeness (QED) is 0.461. The monoisotopic (exact) mass is 338 g/mol. The second-order valence-corrected chi connectivity index (χ2v) is 5.91. The van der Waals surface area contributed by atoms with E-state index >= 15 is 0 Å². The summed E-state index contributed by atoms with van der Waals surface area (Å²) in [5, 5.41) is 1.69. The lowest BCUT2D eigenvalue weighted by Crippen LogP contribution is -1.97. The number of hydrogen-bond acceptors (Lipinski definition) is 0. The molecule has 21 heavy (non-hydrogen) atoms. The average molecular weight is 340 g/mol. The van der Waals surface area contributed by atoms with Crippen molar-refractivity contribution in [2.75, 3.05) is 0 Å². The fourth-order valence-electron chi connectivity index (χ4n) is 2.39. The first-order chi connectivity index (χ1) is 10.1. The molecule has 3 rings (SSSR count). The Morgan fingerprint density at radius 3 is 2.24 bits per heavy atom. The Morgan fingerprint density at radius 2 is 1.48 bits per heavy atom. The normalized spacial score (nSPS) is 12.6. The predicted octanol–water partition coefficient (Wildman–Crippen LogP) is 6.61. The van der Waals surface area contributed by atoms with E-state index in [0.717, 1.165) is 10.9 Å². The first-order valence-corrected chi connectivity index (χ1v) is 7.54. The maximum Gasteiger partial charge on any atom is 0.131 e. The van der Waals surface area contributed by atoms with Crippen molar-refractivity contribution >= 4 is 45.6 Å². The predicted molar refractivity (Wildman–Crippen MR) is 88.1 cm³/mol. The molecular formula is C17H10Cl3F. The molecule has 3 aromatic carbocycles. The van der Waals surface area contributed by atoms with Gasteiger partial charge in [-0.15, -0.1) is 11.6 Å². The van der Waals surface area contributed by atoms with Gasteiger partial charge in [0.05, 0.1) is 15.4 Å². The zero-order valence-corrected chi connectivity index (χ0v) is 13.1. The van der Waals surface area contributed by atoms with Crippen LogP contribution < -0.4 is 0 Å². The van der Waals surface area contributed by atoms with Crippen molar-refractivity contribution in [2.24, 2.45) is 0 Å². The van der Waals surface area contributed by atoms with Crippen LogP contribution in [-0.4, -0.2) is 0 Å². The van der Waals surface area contributed by atoms with Crippen molar-refractivity contribution in [1.82, 2.24) is 0 Å². The number of fused-ring (bicyclic) bond motifs is 1. The van der Waals surface area contributed by atoms with Gasteiger partial charge in [0.1, 0.15) is 5.82 Å². The second kappa shape index (κ2) is 5.84. The number of alkyl halides is 1. The van der Waals surface area contributed by atoms with E-state index in [9.17, 15) is 4.39 Å². The summed E-state index contributed by atoms with van der Waals surface area (Å²) in [6.45, 7) is 0. The maximum absolute atomic E-state index is 13.9. The minimum absolute atomic E-state index is 0.268. The Hall–Kier alpha value is -1.28. The van der Waals surface area contributed by atoms with Crippen LogP contribution in [0.25, 0.3) is 10.8 Å². The fraction of sp³-hybridized carbons (Fsp3) is 0.0588. The van der Waals surface area contributed by atoms with Gasteiger partial charge in [-0.3, -0.25) is 0 Å². The van der Waals surface area contributed by atoms with Crippen LogP contribution in [0.15, 0.2) is 54.6 Å². The topological polar surface area (TPSA) is 0 Å². The Bertz CT molecular complexity index is 814. The van der Waals surface area contributed by atoms with Crippen molar-refractivity contribution in [3.8, 4) is 0 Å². The lowest BCUT2D eigenvalue weighted by atomic mass is 9.97. The highest BCUT2D eigenvalue weighted by Crippen LogP contribution is 2.39. The lowest BCUT2D eigenvalue weighted by Gasteiger charge is -2.15. The largest absolute Gasteiger partial charge is 0.206 e. The van der Waals surface area contributed by atoms with Crippen LogP contribution in [0.3, 0.4) is 0 Å². The molecule has 1 unspecified atom stereocenters. The van der Waals surface area contributed by atoms with Gasteiger partial charge in [-0.1, -0.05) is 65.7 Å².